The molecule has 482 valence electrons. The fourth-order valence-corrected chi connectivity index (χ4v) is 15.7. The van der Waals surface area contributed by atoms with Gasteiger partial charge in [0, 0.05) is 105 Å². The van der Waals surface area contributed by atoms with Crippen molar-refractivity contribution in [3.05, 3.63) is 302 Å². The van der Waals surface area contributed by atoms with Crippen molar-refractivity contribution in [2.75, 3.05) is 0 Å². The highest BCUT2D eigenvalue weighted by Gasteiger charge is 2.26. The number of aromatic nitrogens is 8. The van der Waals surface area contributed by atoms with Crippen molar-refractivity contribution >= 4 is 109 Å². The van der Waals surface area contributed by atoms with Crippen molar-refractivity contribution in [1.82, 2.24) is 38.0 Å². The minimum Gasteiger partial charge on any atom is -0.444 e. The predicted octanol–water partition coefficient (Wildman–Crippen LogP) is 23.8. The van der Waals surface area contributed by atoms with E-state index in [2.05, 4.69) is 239 Å². The first-order chi connectivity index (χ1) is 51.0. The summed E-state index contributed by atoms with van der Waals surface area (Å²) in [5.74, 6) is 1.45. The van der Waals surface area contributed by atoms with Crippen LogP contribution in [-0.4, -0.2) is 38.0 Å². The van der Waals surface area contributed by atoms with Gasteiger partial charge in [-0.2, -0.15) is 4.98 Å². The number of oxazole rings is 1. The van der Waals surface area contributed by atoms with E-state index in [1.165, 1.54) is 11.1 Å². The molecular formula is C91H66N8O2. The molecule has 0 aliphatic heterocycles. The lowest BCUT2D eigenvalue weighted by molar-refractivity contribution is 0.432. The average Bonchev–Trinajstić information content (AvgIpc) is 1.54. The van der Waals surface area contributed by atoms with Crippen molar-refractivity contribution in [3.8, 4) is 74.0 Å². The molecule has 0 saturated carbocycles. The molecule has 7 aromatic heterocycles. The van der Waals surface area contributed by atoms with Crippen LogP contribution >= 0.6 is 0 Å². The summed E-state index contributed by atoms with van der Waals surface area (Å²) in [6.45, 7) is 13.2. The van der Waals surface area contributed by atoms with Gasteiger partial charge in [-0.15, -0.1) is 0 Å². The summed E-state index contributed by atoms with van der Waals surface area (Å²) >= 11 is 0. The Balaban J connectivity index is 0.761. The minimum absolute atomic E-state index is 0.0151. The van der Waals surface area contributed by atoms with Crippen molar-refractivity contribution in [3.63, 3.8) is 0 Å². The number of benzene rings is 13. The van der Waals surface area contributed by atoms with Crippen LogP contribution in [0, 0.1) is 0 Å². The van der Waals surface area contributed by atoms with Gasteiger partial charge >= 0.3 is 0 Å². The second kappa shape index (κ2) is 21.9. The Labute approximate surface area is 587 Å². The maximum atomic E-state index is 9.81. The lowest BCUT2D eigenvalue weighted by Gasteiger charge is -2.18. The maximum Gasteiger partial charge on any atom is 0.258 e. The van der Waals surface area contributed by atoms with E-state index in [1.807, 2.05) is 91.0 Å². The Morgan fingerprint density at radius 2 is 0.703 bits per heavy atom. The Hall–Kier alpha value is -12.8. The number of hydrogen-bond acceptors (Lipinski definition) is 5. The predicted molar refractivity (Wildman–Crippen MR) is 415 cm³/mol. The zero-order chi connectivity index (χ0) is 71.1. The first kappa shape index (κ1) is 54.2. The third-order valence-corrected chi connectivity index (χ3v) is 20.6. The third-order valence-electron chi connectivity index (χ3n) is 20.6. The SMILES string of the molecule is [2H]c1cccc2c3c(ccc4c5cccc([2H])c5n(-c5ccc6c(c5)c5cc(-n7c8c([2H])cccc8c8ccc9c(c%10cccc([2H])c%10n9-c9ccc(-c%10nc(-c%11ccc(C(C)(C)C)cc%11)no%10)cc9)c87)ccc5n6-c5ccccc5)c43)n(-c3ccc(-c4nc(-c5ccc(C(C)(C)C)cc5)co4)cc3)c12. The van der Waals surface area contributed by atoms with E-state index < -0.39 is 0 Å². The summed E-state index contributed by atoms with van der Waals surface area (Å²) in [5.41, 5.74) is 20.0. The van der Waals surface area contributed by atoms with Crippen LogP contribution in [0.1, 0.15) is 58.2 Å². The Kier molecular flexibility index (Phi) is 11.7. The number of fused-ring (bicyclic) bond motifs is 17. The lowest BCUT2D eigenvalue weighted by Crippen LogP contribution is -2.10. The van der Waals surface area contributed by atoms with Crippen LogP contribution in [0.5, 0.6) is 0 Å². The number of para-hydroxylation sites is 5. The van der Waals surface area contributed by atoms with Crippen molar-refractivity contribution in [2.45, 2.75) is 52.4 Å². The van der Waals surface area contributed by atoms with Gasteiger partial charge < -0.3 is 31.8 Å². The maximum absolute atomic E-state index is 9.81. The van der Waals surface area contributed by atoms with E-state index in [9.17, 15) is 5.48 Å². The average molecular weight is 1310 g/mol. The Bertz CT molecular complexity index is 6600. The summed E-state index contributed by atoms with van der Waals surface area (Å²) in [7, 11) is 0. The van der Waals surface area contributed by atoms with Crippen molar-refractivity contribution in [1.29, 1.82) is 0 Å². The lowest BCUT2D eigenvalue weighted by atomic mass is 9.86. The van der Waals surface area contributed by atoms with Crippen LogP contribution in [0.4, 0.5) is 0 Å². The van der Waals surface area contributed by atoms with Crippen LogP contribution in [0.15, 0.2) is 300 Å². The number of rotatable bonds is 9. The molecule has 0 bridgehead atoms. The van der Waals surface area contributed by atoms with Gasteiger partial charge in [-0.05, 0) is 155 Å². The van der Waals surface area contributed by atoms with Crippen LogP contribution < -0.4 is 0 Å². The highest BCUT2D eigenvalue weighted by atomic mass is 16.5. The van der Waals surface area contributed by atoms with Crippen LogP contribution in [0.2, 0.25) is 0 Å². The first-order valence-corrected chi connectivity index (χ1v) is 34.3. The monoisotopic (exact) mass is 1310 g/mol. The molecule has 0 unspecified atom stereocenters. The third kappa shape index (κ3) is 9.00. The molecular weight excluding hydrogens is 1240 g/mol. The fourth-order valence-electron chi connectivity index (χ4n) is 15.7. The van der Waals surface area contributed by atoms with E-state index in [-0.39, 0.29) is 10.8 Å². The van der Waals surface area contributed by atoms with Crippen LogP contribution in [-0.2, 0) is 10.8 Å². The molecule has 7 heterocycles. The van der Waals surface area contributed by atoms with Gasteiger partial charge in [-0.25, -0.2) is 4.98 Å². The highest BCUT2D eigenvalue weighted by molar-refractivity contribution is 6.28. The first-order valence-electron chi connectivity index (χ1n) is 36.3. The van der Waals surface area contributed by atoms with Gasteiger partial charge in [0.25, 0.3) is 5.89 Å². The van der Waals surface area contributed by atoms with E-state index in [1.54, 1.807) is 6.26 Å². The van der Waals surface area contributed by atoms with Gasteiger partial charge in [0.15, 0.2) is 0 Å². The summed E-state index contributed by atoms with van der Waals surface area (Å²) < 4.78 is 62.2. The van der Waals surface area contributed by atoms with Gasteiger partial charge in [-0.1, -0.05) is 198 Å². The molecule has 0 fully saturated rings. The molecule has 0 spiro atoms. The molecule has 10 nitrogen and oxygen atoms in total. The number of nitrogens with zero attached hydrogens (tertiary/aromatic N) is 8. The smallest absolute Gasteiger partial charge is 0.258 e. The van der Waals surface area contributed by atoms with Crippen molar-refractivity contribution in [2.24, 2.45) is 0 Å². The van der Waals surface area contributed by atoms with Crippen LogP contribution in [0.3, 0.4) is 0 Å². The van der Waals surface area contributed by atoms with Gasteiger partial charge in [-0.3, -0.25) is 0 Å². The topological polar surface area (TPSA) is 89.6 Å². The van der Waals surface area contributed by atoms with Gasteiger partial charge in [0.05, 0.1) is 60.7 Å². The fraction of sp³-hybridized carbons (Fsp3) is 0.0879. The molecule has 20 aromatic rings. The Morgan fingerprint density at radius 3 is 1.19 bits per heavy atom. The van der Waals surface area contributed by atoms with Gasteiger partial charge in [0.2, 0.25) is 11.7 Å². The second-order valence-electron chi connectivity index (χ2n) is 28.6. The second-order valence-corrected chi connectivity index (χ2v) is 28.6. The summed E-state index contributed by atoms with van der Waals surface area (Å²) in [5, 5.41) is 14.0. The van der Waals surface area contributed by atoms with Crippen molar-refractivity contribution < 1.29 is 14.4 Å². The zero-order valence-corrected chi connectivity index (χ0v) is 56.3. The van der Waals surface area contributed by atoms with Gasteiger partial charge in [0.1, 0.15) is 12.0 Å². The molecule has 0 amide bonds. The minimum atomic E-state index is 0.0151. The largest absolute Gasteiger partial charge is 0.444 e. The van der Waals surface area contributed by atoms with Crippen LogP contribution in [0.25, 0.3) is 183 Å². The highest BCUT2D eigenvalue weighted by Crippen LogP contribution is 2.47. The molecule has 0 saturated heterocycles. The van der Waals surface area contributed by atoms with E-state index in [0.717, 1.165) is 165 Å². The molecule has 0 N–H and O–H groups in total. The molecule has 0 aliphatic rings. The van der Waals surface area contributed by atoms with E-state index >= 15 is 0 Å². The normalized spacial score (nSPS) is 13.0. The molecule has 13 aromatic carbocycles. The number of hydrogen-bond donors (Lipinski definition) is 0. The summed E-state index contributed by atoms with van der Waals surface area (Å²) in [6, 6.07) is 91.0. The molecule has 0 atom stereocenters. The molecule has 10 heteroatoms. The molecule has 101 heavy (non-hydrogen) atoms. The Morgan fingerprint density at radius 1 is 0.307 bits per heavy atom. The molecule has 0 radical (unpaired) electrons. The van der Waals surface area contributed by atoms with E-state index in [4.69, 9.17) is 18.9 Å². The summed E-state index contributed by atoms with van der Waals surface area (Å²) in [6.07, 6.45) is 1.72. The summed E-state index contributed by atoms with van der Waals surface area (Å²) in [4.78, 5) is 9.79. The molecule has 20 rings (SSSR count). The van der Waals surface area contributed by atoms with E-state index in [0.29, 0.717) is 41.8 Å². The zero-order valence-electron chi connectivity index (χ0n) is 60.3. The molecule has 0 aliphatic carbocycles. The standard InChI is InChI=1S/C91H66N8O2/c1-90(2,3)59-36-28-55(29-37-59)74-54-100-88(92-74)57-32-40-62(41-33-57)96-77-26-16-12-22-70(77)83-81(96)50-46-68-66-20-10-14-24-75(66)98(85(68)83)64-44-48-79-72(52-64)73-53-65(45-49-80(73)95(79)61-18-8-7-9-19-61)99-76-25-15-11-21-67(76)69-47-51-82-84(86(69)99)71-23-13-17-27-78(71)97(82)63-42-34-58(35-43-63)89-93-87(94-101-89)56-30-38-60(39-31-56)91(4,5)6/h7-54H,1-6H3/i24D,25D,26D,27D. The quantitative estimate of drug-likeness (QED) is 0.144.